The molecule has 1 amide bonds. The summed E-state index contributed by atoms with van der Waals surface area (Å²) >= 11 is 0. The Morgan fingerprint density at radius 1 is 1.43 bits per heavy atom. The maximum atomic E-state index is 12.4. The zero-order chi connectivity index (χ0) is 16.0. The lowest BCUT2D eigenvalue weighted by molar-refractivity contribution is 0.00362. The largest absolute Gasteiger partial charge is 0.444 e. The van der Waals surface area contributed by atoms with E-state index in [0.717, 1.165) is 19.3 Å². The highest BCUT2D eigenvalue weighted by molar-refractivity contribution is 5.69. The number of aliphatic hydroxyl groups excluding tert-OH is 1. The molecule has 1 fully saturated rings. The van der Waals surface area contributed by atoms with Crippen molar-refractivity contribution in [1.29, 1.82) is 0 Å². The van der Waals surface area contributed by atoms with Gasteiger partial charge in [-0.25, -0.2) is 4.79 Å². The van der Waals surface area contributed by atoms with Crippen LogP contribution in [0.15, 0.2) is 12.2 Å². The van der Waals surface area contributed by atoms with Crippen LogP contribution in [-0.2, 0) is 4.74 Å². The van der Waals surface area contributed by atoms with Crippen molar-refractivity contribution in [1.82, 2.24) is 4.90 Å². The van der Waals surface area contributed by atoms with Crippen LogP contribution in [-0.4, -0.2) is 39.9 Å². The van der Waals surface area contributed by atoms with Gasteiger partial charge in [-0.05, 0) is 60.0 Å². The zero-order valence-electron chi connectivity index (χ0n) is 13.7. The molecule has 0 radical (unpaired) electrons. The van der Waals surface area contributed by atoms with Gasteiger partial charge < -0.3 is 9.84 Å². The van der Waals surface area contributed by atoms with Crippen molar-refractivity contribution >= 4 is 6.09 Å². The SMILES string of the molecule is C[C@H](O)C#C/C=C/[C@@H]1CCC[C@H](C)N1C(=O)OC(C)(C)C. The highest BCUT2D eigenvalue weighted by Gasteiger charge is 2.33. The topological polar surface area (TPSA) is 49.8 Å². The lowest BCUT2D eigenvalue weighted by Gasteiger charge is -2.39. The number of hydrogen-bond acceptors (Lipinski definition) is 3. The first-order valence-electron chi connectivity index (χ1n) is 7.58. The Bertz CT molecular complexity index is 437. The van der Waals surface area contributed by atoms with E-state index in [4.69, 9.17) is 9.84 Å². The molecule has 1 saturated heterocycles. The molecule has 1 rings (SSSR count). The molecule has 4 nitrogen and oxygen atoms in total. The molecule has 0 spiro atoms. The first-order chi connectivity index (χ1) is 9.70. The predicted molar refractivity (Wildman–Crippen MR) is 83.8 cm³/mol. The molecule has 1 N–H and O–H groups in total. The Kier molecular flexibility index (Phi) is 6.29. The fourth-order valence-corrected chi connectivity index (χ4v) is 2.37. The molecule has 0 saturated carbocycles. The summed E-state index contributed by atoms with van der Waals surface area (Å²) in [7, 11) is 0. The number of carbonyl (C=O) groups excluding carboxylic acids is 1. The molecule has 0 aromatic heterocycles. The molecule has 21 heavy (non-hydrogen) atoms. The van der Waals surface area contributed by atoms with E-state index in [1.807, 2.05) is 33.8 Å². The van der Waals surface area contributed by atoms with E-state index in [2.05, 4.69) is 11.8 Å². The Morgan fingerprint density at radius 3 is 2.67 bits per heavy atom. The van der Waals surface area contributed by atoms with Crippen LogP contribution < -0.4 is 0 Å². The third-order valence-electron chi connectivity index (χ3n) is 3.25. The lowest BCUT2D eigenvalue weighted by Crippen LogP contribution is -2.49. The fourth-order valence-electron chi connectivity index (χ4n) is 2.37. The van der Waals surface area contributed by atoms with Crippen LogP contribution >= 0.6 is 0 Å². The van der Waals surface area contributed by atoms with Crippen LogP contribution in [0.5, 0.6) is 0 Å². The molecule has 0 unspecified atom stereocenters. The zero-order valence-corrected chi connectivity index (χ0v) is 13.7. The summed E-state index contributed by atoms with van der Waals surface area (Å²) in [6.45, 7) is 9.29. The Labute approximate surface area is 128 Å². The van der Waals surface area contributed by atoms with Crippen molar-refractivity contribution in [2.75, 3.05) is 0 Å². The average molecular weight is 293 g/mol. The lowest BCUT2D eigenvalue weighted by atomic mass is 9.96. The molecule has 118 valence electrons. The van der Waals surface area contributed by atoms with Gasteiger partial charge in [-0.1, -0.05) is 17.9 Å². The van der Waals surface area contributed by atoms with Gasteiger partial charge in [-0.15, -0.1) is 0 Å². The maximum Gasteiger partial charge on any atom is 0.411 e. The summed E-state index contributed by atoms with van der Waals surface area (Å²) in [5, 5.41) is 9.11. The number of likely N-dealkylation sites (tertiary alicyclic amines) is 1. The summed E-state index contributed by atoms with van der Waals surface area (Å²) in [5.74, 6) is 5.46. The van der Waals surface area contributed by atoms with Crippen LogP contribution in [0.25, 0.3) is 0 Å². The van der Waals surface area contributed by atoms with Crippen LogP contribution in [0.2, 0.25) is 0 Å². The highest BCUT2D eigenvalue weighted by atomic mass is 16.6. The second-order valence-electron chi connectivity index (χ2n) is 6.56. The van der Waals surface area contributed by atoms with E-state index in [1.54, 1.807) is 17.9 Å². The second kappa shape index (κ2) is 7.51. The molecule has 0 bridgehead atoms. The fraction of sp³-hybridized carbons (Fsp3) is 0.706. The number of amides is 1. The van der Waals surface area contributed by atoms with E-state index in [-0.39, 0.29) is 18.2 Å². The van der Waals surface area contributed by atoms with Crippen molar-refractivity contribution in [3.8, 4) is 11.8 Å². The van der Waals surface area contributed by atoms with Crippen molar-refractivity contribution in [3.63, 3.8) is 0 Å². The number of rotatable bonds is 1. The number of ether oxygens (including phenoxy) is 1. The van der Waals surface area contributed by atoms with Gasteiger partial charge in [-0.3, -0.25) is 4.90 Å². The Hall–Kier alpha value is -1.47. The van der Waals surface area contributed by atoms with Crippen molar-refractivity contribution in [2.45, 2.75) is 77.7 Å². The quantitative estimate of drug-likeness (QED) is 0.756. The molecular formula is C17H27NO3. The second-order valence-corrected chi connectivity index (χ2v) is 6.56. The normalized spacial score (nSPS) is 24.4. The highest BCUT2D eigenvalue weighted by Crippen LogP contribution is 2.25. The van der Waals surface area contributed by atoms with E-state index >= 15 is 0 Å². The number of allylic oxidation sites excluding steroid dienone is 1. The first kappa shape index (κ1) is 17.6. The van der Waals surface area contributed by atoms with Crippen molar-refractivity contribution in [3.05, 3.63) is 12.2 Å². The molecule has 1 heterocycles. The van der Waals surface area contributed by atoms with Gasteiger partial charge in [0, 0.05) is 6.04 Å². The molecule has 1 aliphatic heterocycles. The first-order valence-corrected chi connectivity index (χ1v) is 7.58. The predicted octanol–water partition coefficient (Wildman–Crippen LogP) is 3.10. The standard InChI is InChI=1S/C17H27NO3/c1-13-9-8-12-15(11-7-6-10-14(2)19)18(13)16(20)21-17(3,4)5/h7,11,13-15,19H,8-9,12H2,1-5H3/b11-7+/t13-,14-,15+/m0/s1. The van der Waals surface area contributed by atoms with E-state index in [1.165, 1.54) is 0 Å². The minimum Gasteiger partial charge on any atom is -0.444 e. The Balaban J connectivity index is 2.80. The number of hydrogen-bond donors (Lipinski definition) is 1. The number of aliphatic hydroxyl groups is 1. The third-order valence-corrected chi connectivity index (χ3v) is 3.25. The van der Waals surface area contributed by atoms with Gasteiger partial charge in [0.05, 0.1) is 6.04 Å². The van der Waals surface area contributed by atoms with Crippen molar-refractivity contribution in [2.24, 2.45) is 0 Å². The monoisotopic (exact) mass is 293 g/mol. The number of nitrogens with zero attached hydrogens (tertiary/aromatic N) is 1. The Morgan fingerprint density at radius 2 is 2.10 bits per heavy atom. The van der Waals surface area contributed by atoms with Crippen LogP contribution in [0.3, 0.4) is 0 Å². The molecule has 3 atom stereocenters. The van der Waals surface area contributed by atoms with E-state index < -0.39 is 11.7 Å². The molecule has 0 aromatic carbocycles. The molecule has 1 aliphatic rings. The van der Waals surface area contributed by atoms with Crippen LogP contribution in [0, 0.1) is 11.8 Å². The minimum atomic E-state index is -0.637. The molecule has 0 aliphatic carbocycles. The minimum absolute atomic E-state index is 0.00639. The number of carbonyl (C=O) groups is 1. The molecular weight excluding hydrogens is 266 g/mol. The van der Waals surface area contributed by atoms with Crippen LogP contribution in [0.1, 0.15) is 53.9 Å². The maximum absolute atomic E-state index is 12.4. The summed E-state index contributed by atoms with van der Waals surface area (Å²) in [6.07, 6.45) is 5.72. The number of piperidine rings is 1. The molecule has 4 heteroatoms. The van der Waals surface area contributed by atoms with Gasteiger partial charge in [0.1, 0.15) is 11.7 Å². The van der Waals surface area contributed by atoms with E-state index in [9.17, 15) is 4.79 Å². The van der Waals surface area contributed by atoms with Gasteiger partial charge in [0.2, 0.25) is 0 Å². The molecule has 0 aromatic rings. The summed E-state index contributed by atoms with van der Waals surface area (Å²) in [4.78, 5) is 14.2. The van der Waals surface area contributed by atoms with Gasteiger partial charge in [-0.2, -0.15) is 0 Å². The van der Waals surface area contributed by atoms with Crippen molar-refractivity contribution < 1.29 is 14.6 Å². The van der Waals surface area contributed by atoms with Crippen LogP contribution in [0.4, 0.5) is 4.79 Å². The smallest absolute Gasteiger partial charge is 0.411 e. The van der Waals surface area contributed by atoms with Gasteiger partial charge >= 0.3 is 6.09 Å². The summed E-state index contributed by atoms with van der Waals surface area (Å²) in [6, 6.07) is 0.167. The third kappa shape index (κ3) is 6.22. The van der Waals surface area contributed by atoms with Gasteiger partial charge in [0.25, 0.3) is 0 Å². The van der Waals surface area contributed by atoms with Gasteiger partial charge in [0.15, 0.2) is 0 Å². The summed E-state index contributed by atoms with van der Waals surface area (Å²) < 4.78 is 5.50. The van der Waals surface area contributed by atoms with E-state index in [0.29, 0.717) is 0 Å². The average Bonchev–Trinajstić information content (AvgIpc) is 2.32. The summed E-state index contributed by atoms with van der Waals surface area (Å²) in [5.41, 5.74) is -0.491.